The predicted molar refractivity (Wildman–Crippen MR) is 104 cm³/mol. The van der Waals surface area contributed by atoms with Gasteiger partial charge in [-0.15, -0.1) is 0 Å². The highest BCUT2D eigenvalue weighted by molar-refractivity contribution is 5.97. The molecule has 2 aromatic rings. The molecule has 0 spiro atoms. The molecule has 0 aliphatic carbocycles. The Balaban J connectivity index is 1.49. The van der Waals surface area contributed by atoms with Gasteiger partial charge in [-0.1, -0.05) is 6.07 Å². The molecule has 1 saturated heterocycles. The zero-order valence-electron chi connectivity index (χ0n) is 16.3. The summed E-state index contributed by atoms with van der Waals surface area (Å²) in [6, 6.07) is 4.78. The van der Waals surface area contributed by atoms with E-state index in [-0.39, 0.29) is 24.0 Å². The monoisotopic (exact) mass is 386 g/mol. The second kappa shape index (κ2) is 8.88. The molecule has 3 atom stereocenters. The van der Waals surface area contributed by atoms with Crippen LogP contribution in [0.3, 0.4) is 0 Å². The zero-order valence-corrected chi connectivity index (χ0v) is 16.3. The Morgan fingerprint density at radius 2 is 2.00 bits per heavy atom. The van der Waals surface area contributed by atoms with Crippen LogP contribution in [0, 0.1) is 0 Å². The number of morpholine rings is 1. The fraction of sp³-hybridized carbons (Fsp3) is 0.450. The van der Waals surface area contributed by atoms with Gasteiger partial charge >= 0.3 is 0 Å². The van der Waals surface area contributed by atoms with E-state index in [1.807, 2.05) is 12.1 Å². The van der Waals surface area contributed by atoms with Crippen molar-refractivity contribution < 1.29 is 18.7 Å². The minimum Gasteiger partial charge on any atom is -0.472 e. The van der Waals surface area contributed by atoms with Crippen LogP contribution in [0.25, 0.3) is 0 Å². The molecular formula is C20H26N4O4. The number of nitrogens with zero attached hydrogens (tertiary/aromatic N) is 2. The van der Waals surface area contributed by atoms with Crippen LogP contribution < -0.4 is 15.5 Å². The van der Waals surface area contributed by atoms with E-state index in [0.717, 1.165) is 24.5 Å². The molecule has 2 aromatic heterocycles. The van der Waals surface area contributed by atoms with Gasteiger partial charge in [0.15, 0.2) is 0 Å². The number of amides is 2. The zero-order chi connectivity index (χ0) is 20.1. The maximum atomic E-state index is 12.2. The van der Waals surface area contributed by atoms with E-state index in [1.165, 1.54) is 12.5 Å². The number of pyridine rings is 1. The summed E-state index contributed by atoms with van der Waals surface area (Å²) < 4.78 is 10.6. The molecule has 28 heavy (non-hydrogen) atoms. The van der Waals surface area contributed by atoms with Crippen molar-refractivity contribution in [3.8, 4) is 0 Å². The molecule has 8 heteroatoms. The van der Waals surface area contributed by atoms with E-state index in [2.05, 4.69) is 34.4 Å². The lowest BCUT2D eigenvalue weighted by Crippen LogP contribution is -2.45. The summed E-state index contributed by atoms with van der Waals surface area (Å²) >= 11 is 0. The third-order valence-electron chi connectivity index (χ3n) is 4.54. The van der Waals surface area contributed by atoms with Gasteiger partial charge in [0.25, 0.3) is 5.91 Å². The van der Waals surface area contributed by atoms with Gasteiger partial charge in [-0.05, 0) is 38.5 Å². The van der Waals surface area contributed by atoms with Crippen molar-refractivity contribution >= 4 is 17.6 Å². The maximum Gasteiger partial charge on any atom is 0.255 e. The van der Waals surface area contributed by atoms with Gasteiger partial charge in [0.05, 0.1) is 24.0 Å². The molecule has 0 bridgehead atoms. The van der Waals surface area contributed by atoms with Crippen LogP contribution in [0.4, 0.5) is 5.82 Å². The van der Waals surface area contributed by atoms with Gasteiger partial charge in [0.1, 0.15) is 18.1 Å². The number of furan rings is 1. The molecule has 150 valence electrons. The van der Waals surface area contributed by atoms with Gasteiger partial charge in [-0.3, -0.25) is 9.59 Å². The number of hydrogen-bond donors (Lipinski definition) is 2. The second-order valence-corrected chi connectivity index (χ2v) is 7.11. The molecule has 3 unspecified atom stereocenters. The first kappa shape index (κ1) is 19.9. The smallest absolute Gasteiger partial charge is 0.255 e. The van der Waals surface area contributed by atoms with Crippen molar-refractivity contribution in [3.63, 3.8) is 0 Å². The molecule has 1 fully saturated rings. The highest BCUT2D eigenvalue weighted by atomic mass is 16.5. The first-order valence-electron chi connectivity index (χ1n) is 9.38. The standard InChI is InChI=1S/C20H26N4O4/c1-13-10-24(11-14(2)28-13)18-5-4-16(8-21-18)9-22-19(25)15(3)23-20(26)17-6-7-27-12-17/h4-8,12-15H,9-11H2,1-3H3,(H,22,25)(H,23,26). The van der Waals surface area contributed by atoms with E-state index in [0.29, 0.717) is 12.1 Å². The highest BCUT2D eigenvalue weighted by Gasteiger charge is 2.23. The highest BCUT2D eigenvalue weighted by Crippen LogP contribution is 2.18. The number of hydrogen-bond acceptors (Lipinski definition) is 6. The quantitative estimate of drug-likeness (QED) is 0.785. The van der Waals surface area contributed by atoms with Crippen molar-refractivity contribution in [2.24, 2.45) is 0 Å². The van der Waals surface area contributed by atoms with Gasteiger partial charge in [0, 0.05) is 25.8 Å². The molecule has 1 aliphatic heterocycles. The Labute approximate surface area is 164 Å². The van der Waals surface area contributed by atoms with E-state index in [9.17, 15) is 9.59 Å². The molecule has 0 radical (unpaired) electrons. The second-order valence-electron chi connectivity index (χ2n) is 7.11. The van der Waals surface area contributed by atoms with Gasteiger partial charge < -0.3 is 24.7 Å². The summed E-state index contributed by atoms with van der Waals surface area (Å²) in [4.78, 5) is 30.9. The number of anilines is 1. The van der Waals surface area contributed by atoms with E-state index in [1.54, 1.807) is 19.2 Å². The van der Waals surface area contributed by atoms with Gasteiger partial charge in [-0.2, -0.15) is 0 Å². The van der Waals surface area contributed by atoms with Crippen LogP contribution >= 0.6 is 0 Å². The summed E-state index contributed by atoms with van der Waals surface area (Å²) in [5, 5.41) is 5.45. The lowest BCUT2D eigenvalue weighted by molar-refractivity contribution is -0.122. The number of carbonyl (C=O) groups is 2. The Bertz CT molecular complexity index is 781. The molecule has 0 saturated carbocycles. The van der Waals surface area contributed by atoms with Crippen LogP contribution in [-0.2, 0) is 16.1 Å². The Kier molecular flexibility index (Phi) is 6.30. The number of aromatic nitrogens is 1. The number of nitrogens with one attached hydrogen (secondary N) is 2. The van der Waals surface area contributed by atoms with Crippen molar-refractivity contribution in [2.45, 2.75) is 45.6 Å². The van der Waals surface area contributed by atoms with Crippen LogP contribution in [0.15, 0.2) is 41.3 Å². The average molecular weight is 386 g/mol. The first-order valence-corrected chi connectivity index (χ1v) is 9.38. The third kappa shape index (κ3) is 5.10. The van der Waals surface area contributed by atoms with Crippen molar-refractivity contribution in [3.05, 3.63) is 48.0 Å². The van der Waals surface area contributed by atoms with Crippen LogP contribution in [0.1, 0.15) is 36.7 Å². The molecule has 3 heterocycles. The lowest BCUT2D eigenvalue weighted by Gasteiger charge is -2.36. The summed E-state index contributed by atoms with van der Waals surface area (Å²) in [6.07, 6.45) is 4.85. The van der Waals surface area contributed by atoms with Crippen molar-refractivity contribution in [1.82, 2.24) is 15.6 Å². The molecule has 8 nitrogen and oxygen atoms in total. The van der Waals surface area contributed by atoms with Crippen molar-refractivity contribution in [2.75, 3.05) is 18.0 Å². The van der Waals surface area contributed by atoms with Gasteiger partial charge in [-0.25, -0.2) is 4.98 Å². The van der Waals surface area contributed by atoms with E-state index >= 15 is 0 Å². The molecule has 1 aliphatic rings. The molecule has 2 amide bonds. The molecular weight excluding hydrogens is 360 g/mol. The first-order chi connectivity index (χ1) is 13.4. The van der Waals surface area contributed by atoms with Crippen LogP contribution in [0.5, 0.6) is 0 Å². The fourth-order valence-electron chi connectivity index (χ4n) is 3.15. The van der Waals surface area contributed by atoms with E-state index in [4.69, 9.17) is 9.15 Å². The maximum absolute atomic E-state index is 12.2. The summed E-state index contributed by atoms with van der Waals surface area (Å²) in [5.74, 6) is 0.283. The number of carbonyl (C=O) groups excluding carboxylic acids is 2. The summed E-state index contributed by atoms with van der Waals surface area (Å²) in [6.45, 7) is 7.70. The fourth-order valence-corrected chi connectivity index (χ4v) is 3.15. The SMILES string of the molecule is CC1CN(c2ccc(CNC(=O)C(C)NC(=O)c3ccoc3)cn2)CC(C)O1. The molecule has 3 rings (SSSR count). The third-order valence-corrected chi connectivity index (χ3v) is 4.54. The topological polar surface area (TPSA) is 96.7 Å². The minimum atomic E-state index is -0.661. The summed E-state index contributed by atoms with van der Waals surface area (Å²) in [7, 11) is 0. The summed E-state index contributed by atoms with van der Waals surface area (Å²) in [5.41, 5.74) is 1.27. The van der Waals surface area contributed by atoms with Gasteiger partial charge in [0.2, 0.25) is 5.91 Å². The average Bonchev–Trinajstić information content (AvgIpc) is 3.20. The lowest BCUT2D eigenvalue weighted by atomic mass is 10.2. The van der Waals surface area contributed by atoms with Crippen LogP contribution in [0.2, 0.25) is 0 Å². The Morgan fingerprint density at radius 1 is 1.25 bits per heavy atom. The minimum absolute atomic E-state index is 0.170. The molecule has 2 N–H and O–H groups in total. The van der Waals surface area contributed by atoms with E-state index < -0.39 is 6.04 Å². The predicted octanol–water partition coefficient (Wildman–Crippen LogP) is 1.72. The number of rotatable bonds is 6. The van der Waals surface area contributed by atoms with Crippen LogP contribution in [-0.4, -0.2) is 48.1 Å². The number of ether oxygens (including phenoxy) is 1. The Hall–Kier alpha value is -2.87. The largest absolute Gasteiger partial charge is 0.472 e. The normalized spacial score (nSPS) is 20.5. The molecule has 0 aromatic carbocycles. The Morgan fingerprint density at radius 3 is 2.61 bits per heavy atom. The van der Waals surface area contributed by atoms with Crippen molar-refractivity contribution in [1.29, 1.82) is 0 Å².